The Labute approximate surface area is 226 Å². The number of hydrogen-bond donors (Lipinski definition) is 0. The van der Waals surface area contributed by atoms with Crippen molar-refractivity contribution in [1.82, 2.24) is 0 Å². The van der Waals surface area contributed by atoms with Crippen LogP contribution < -0.4 is 0 Å². The lowest BCUT2D eigenvalue weighted by Crippen LogP contribution is -2.63. The molecule has 212 valence electrons. The fourth-order valence-electron chi connectivity index (χ4n) is 6.70. The molecule has 0 aromatic rings. The number of allylic oxidation sites excluding steroid dienone is 2. The second-order valence-electron chi connectivity index (χ2n) is 11.4. The van der Waals surface area contributed by atoms with E-state index in [0.717, 1.165) is 18.4 Å². The minimum Gasteiger partial charge on any atom is -0.458 e. The molecule has 2 fully saturated rings. The summed E-state index contributed by atoms with van der Waals surface area (Å²) in [4.78, 5) is 37.3. The van der Waals surface area contributed by atoms with Crippen molar-refractivity contribution in [2.45, 2.75) is 98.4 Å². The molecule has 0 aromatic heterocycles. The summed E-state index contributed by atoms with van der Waals surface area (Å²) in [6.07, 6.45) is 3.86. The molecule has 1 unspecified atom stereocenters. The van der Waals surface area contributed by atoms with Gasteiger partial charge in [0.25, 0.3) is 0 Å². The van der Waals surface area contributed by atoms with Gasteiger partial charge in [0, 0.05) is 26.5 Å². The van der Waals surface area contributed by atoms with Crippen LogP contribution in [-0.2, 0) is 38.1 Å². The summed E-state index contributed by atoms with van der Waals surface area (Å²) < 4.78 is 29.8. The molecule has 1 heterocycles. The van der Waals surface area contributed by atoms with E-state index in [1.165, 1.54) is 13.8 Å². The highest BCUT2D eigenvalue weighted by atomic mass is 16.8. The molecule has 1 saturated heterocycles. The second-order valence-corrected chi connectivity index (χ2v) is 11.4. The summed E-state index contributed by atoms with van der Waals surface area (Å²) in [5, 5.41) is 0. The molecule has 1 saturated carbocycles. The first-order valence-electron chi connectivity index (χ1n) is 13.6. The van der Waals surface area contributed by atoms with Crippen LogP contribution in [-0.4, -0.2) is 49.8 Å². The molecule has 0 radical (unpaired) electrons. The van der Waals surface area contributed by atoms with E-state index >= 15 is 0 Å². The number of ether oxygens (including phenoxy) is 5. The molecule has 38 heavy (non-hydrogen) atoms. The van der Waals surface area contributed by atoms with Crippen LogP contribution in [0.5, 0.6) is 0 Å². The van der Waals surface area contributed by atoms with Crippen LogP contribution in [0.1, 0.15) is 73.6 Å². The predicted octanol–water partition coefficient (Wildman–Crippen LogP) is 5.27. The quantitative estimate of drug-likeness (QED) is 0.162. The second kappa shape index (κ2) is 11.7. The van der Waals surface area contributed by atoms with Crippen molar-refractivity contribution in [3.63, 3.8) is 0 Å². The van der Waals surface area contributed by atoms with Crippen molar-refractivity contribution in [2.24, 2.45) is 28.6 Å². The Hall–Kier alpha value is -2.45. The van der Waals surface area contributed by atoms with E-state index in [9.17, 15) is 14.4 Å². The Balaban J connectivity index is 2.22. The zero-order valence-corrected chi connectivity index (χ0v) is 23.9. The molecule has 2 aliphatic carbocycles. The molecule has 0 N–H and O–H groups in total. The van der Waals surface area contributed by atoms with Crippen LogP contribution in [0, 0.1) is 28.6 Å². The third-order valence-electron chi connectivity index (χ3n) is 9.21. The molecule has 3 aliphatic rings. The standard InChI is InChI=1S/C30H44O8/c1-10-17(3)12-13-29(8)19(5)14-25(34-9)30-23(27(35-20(6)31)38-28(30)36-21(7)32)15-22(16-24(29)30)37-26(33)18(4)11-2/h10,15,18-19,22,24-25,27-28H,1,3,11-14,16H2,2,4-9H3/t18?,19-,22+,24+,25+,27+,28-,29-,30-/m0/s1. The number of rotatable bonds is 10. The largest absolute Gasteiger partial charge is 0.458 e. The summed E-state index contributed by atoms with van der Waals surface area (Å²) in [5.74, 6) is -1.57. The van der Waals surface area contributed by atoms with Gasteiger partial charge in [-0.05, 0) is 55.4 Å². The molecular formula is C30H44O8. The van der Waals surface area contributed by atoms with Crippen LogP contribution >= 0.6 is 0 Å². The van der Waals surface area contributed by atoms with Gasteiger partial charge in [0.2, 0.25) is 12.6 Å². The van der Waals surface area contributed by atoms with E-state index < -0.39 is 36.0 Å². The molecule has 8 heteroatoms. The lowest BCUT2D eigenvalue weighted by molar-refractivity contribution is -0.258. The van der Waals surface area contributed by atoms with Crippen LogP contribution in [0.4, 0.5) is 0 Å². The number of hydrogen-bond acceptors (Lipinski definition) is 8. The zero-order valence-electron chi connectivity index (χ0n) is 23.9. The van der Waals surface area contributed by atoms with Crippen molar-refractivity contribution >= 4 is 17.9 Å². The molecule has 1 spiro atoms. The first kappa shape index (κ1) is 30.1. The smallest absolute Gasteiger partial charge is 0.309 e. The predicted molar refractivity (Wildman–Crippen MR) is 141 cm³/mol. The van der Waals surface area contributed by atoms with E-state index in [4.69, 9.17) is 23.7 Å². The Morgan fingerprint density at radius 3 is 2.39 bits per heavy atom. The van der Waals surface area contributed by atoms with Gasteiger partial charge in [-0.25, -0.2) is 0 Å². The minimum absolute atomic E-state index is 0.194. The van der Waals surface area contributed by atoms with Crippen molar-refractivity contribution in [3.05, 3.63) is 36.5 Å². The highest BCUT2D eigenvalue weighted by Crippen LogP contribution is 2.68. The summed E-state index contributed by atoms with van der Waals surface area (Å²) in [6.45, 7) is 18.8. The maximum atomic E-state index is 12.9. The molecule has 0 amide bonds. The highest BCUT2D eigenvalue weighted by molar-refractivity contribution is 5.72. The third kappa shape index (κ3) is 5.34. The fourth-order valence-corrected chi connectivity index (χ4v) is 6.70. The van der Waals surface area contributed by atoms with Gasteiger partial charge in [0.15, 0.2) is 0 Å². The summed E-state index contributed by atoms with van der Waals surface area (Å²) >= 11 is 0. The van der Waals surface area contributed by atoms with Crippen molar-refractivity contribution in [2.75, 3.05) is 7.11 Å². The Bertz CT molecular complexity index is 985. The van der Waals surface area contributed by atoms with Crippen LogP contribution in [0.15, 0.2) is 36.5 Å². The maximum Gasteiger partial charge on any atom is 0.309 e. The Morgan fingerprint density at radius 1 is 1.18 bits per heavy atom. The van der Waals surface area contributed by atoms with Gasteiger partial charge in [-0.2, -0.15) is 0 Å². The molecule has 1 aliphatic heterocycles. The molecule has 0 bridgehead atoms. The van der Waals surface area contributed by atoms with Crippen LogP contribution in [0.25, 0.3) is 0 Å². The molecule has 9 atom stereocenters. The normalized spacial score (nSPS) is 36.7. The topological polar surface area (TPSA) is 97.4 Å². The number of methoxy groups -OCH3 is 1. The average Bonchev–Trinajstić information content (AvgIpc) is 3.15. The summed E-state index contributed by atoms with van der Waals surface area (Å²) in [6, 6.07) is 0. The SMILES string of the molecule is C=CC(=C)CC[C@]1(C)[C@H]2C[C@H](OC(=O)C(C)CC)C=C3[C@H](OC(C)=O)O[C@H](OC(C)=O)[C@@]32[C@H](OC)C[C@@H]1C. The van der Waals surface area contributed by atoms with E-state index in [1.807, 2.05) is 19.9 Å². The number of esters is 3. The first-order valence-corrected chi connectivity index (χ1v) is 13.6. The van der Waals surface area contributed by atoms with Gasteiger partial charge in [0.1, 0.15) is 6.10 Å². The van der Waals surface area contributed by atoms with Crippen molar-refractivity contribution in [1.29, 1.82) is 0 Å². The molecular weight excluding hydrogens is 488 g/mol. The number of carbonyl (C=O) groups excluding carboxylic acids is 3. The lowest BCUT2D eigenvalue weighted by atomic mass is 9.45. The third-order valence-corrected chi connectivity index (χ3v) is 9.21. The van der Waals surface area contributed by atoms with Gasteiger partial charge in [-0.1, -0.05) is 52.5 Å². The fraction of sp³-hybridized carbons (Fsp3) is 0.700. The van der Waals surface area contributed by atoms with Gasteiger partial charge in [-0.3, -0.25) is 19.1 Å². The minimum atomic E-state index is -1.09. The van der Waals surface area contributed by atoms with Gasteiger partial charge in [0.05, 0.1) is 17.4 Å². The van der Waals surface area contributed by atoms with Gasteiger partial charge >= 0.3 is 17.9 Å². The van der Waals surface area contributed by atoms with E-state index in [-0.39, 0.29) is 35.2 Å². The zero-order chi connectivity index (χ0) is 28.4. The van der Waals surface area contributed by atoms with Crippen LogP contribution in [0.3, 0.4) is 0 Å². The van der Waals surface area contributed by atoms with Gasteiger partial charge in [-0.15, -0.1) is 0 Å². The maximum absolute atomic E-state index is 12.9. The first-order chi connectivity index (χ1) is 17.8. The lowest BCUT2D eigenvalue weighted by Gasteiger charge is -2.61. The van der Waals surface area contributed by atoms with Crippen molar-refractivity contribution < 1.29 is 38.1 Å². The van der Waals surface area contributed by atoms with Crippen LogP contribution in [0.2, 0.25) is 0 Å². The average molecular weight is 533 g/mol. The van der Waals surface area contributed by atoms with Gasteiger partial charge < -0.3 is 18.9 Å². The molecule has 0 aromatic carbocycles. The van der Waals surface area contributed by atoms with E-state index in [0.29, 0.717) is 24.8 Å². The number of carbonyl (C=O) groups is 3. The molecule has 3 rings (SSSR count). The monoisotopic (exact) mass is 532 g/mol. The Morgan fingerprint density at radius 2 is 1.84 bits per heavy atom. The van der Waals surface area contributed by atoms with E-state index in [1.54, 1.807) is 13.2 Å². The Kier molecular flexibility index (Phi) is 9.30. The summed E-state index contributed by atoms with van der Waals surface area (Å²) in [5.41, 5.74) is 0.319. The van der Waals surface area contributed by atoms with E-state index in [2.05, 4.69) is 27.0 Å². The summed E-state index contributed by atoms with van der Waals surface area (Å²) in [7, 11) is 1.64. The van der Waals surface area contributed by atoms with Crippen molar-refractivity contribution in [3.8, 4) is 0 Å². The highest BCUT2D eigenvalue weighted by Gasteiger charge is 2.71. The molecule has 8 nitrogen and oxygen atoms in total.